The van der Waals surface area contributed by atoms with Crippen LogP contribution in [0, 0.1) is 0 Å². The molecule has 7 heteroatoms. The number of benzene rings is 2. The first-order valence-electron chi connectivity index (χ1n) is 9.37. The lowest BCUT2D eigenvalue weighted by molar-refractivity contribution is -0.176. The summed E-state index contributed by atoms with van der Waals surface area (Å²) < 4.78 is 5.95. The van der Waals surface area contributed by atoms with Gasteiger partial charge in [-0.3, -0.25) is 14.4 Å². The SMILES string of the molecule is CC(C)c1ccc2c(c1)OC1(O)c3ccccc3C(=O)C21NC(=O)C(=O)N(C)C. The fourth-order valence-electron chi connectivity index (χ4n) is 4.06. The van der Waals surface area contributed by atoms with Crippen LogP contribution in [-0.2, 0) is 20.9 Å². The van der Waals surface area contributed by atoms with E-state index in [-0.39, 0.29) is 17.0 Å². The quantitative estimate of drug-likeness (QED) is 0.755. The Morgan fingerprint density at radius 2 is 1.79 bits per heavy atom. The van der Waals surface area contributed by atoms with Crippen molar-refractivity contribution >= 4 is 17.6 Å². The number of fused-ring (bicyclic) bond motifs is 5. The topological polar surface area (TPSA) is 95.9 Å². The Kier molecular flexibility index (Phi) is 4.06. The fraction of sp³-hybridized carbons (Fsp3) is 0.318. The summed E-state index contributed by atoms with van der Waals surface area (Å²) in [5, 5.41) is 14.2. The van der Waals surface area contributed by atoms with E-state index in [0.717, 1.165) is 10.5 Å². The first-order valence-corrected chi connectivity index (χ1v) is 9.37. The van der Waals surface area contributed by atoms with Crippen LogP contribution in [0.3, 0.4) is 0 Å². The number of Topliss-reactive ketones (excluding diaryl/α,β-unsaturated/α-hetero) is 1. The van der Waals surface area contributed by atoms with Gasteiger partial charge in [0.1, 0.15) is 5.75 Å². The Morgan fingerprint density at radius 3 is 2.45 bits per heavy atom. The Morgan fingerprint density at radius 1 is 1.10 bits per heavy atom. The zero-order chi connectivity index (χ0) is 21.1. The number of amides is 2. The molecule has 0 saturated heterocycles. The number of hydrogen-bond acceptors (Lipinski definition) is 5. The van der Waals surface area contributed by atoms with Crippen molar-refractivity contribution in [2.24, 2.45) is 0 Å². The molecule has 2 atom stereocenters. The molecule has 150 valence electrons. The lowest BCUT2D eigenvalue weighted by atomic mass is 9.82. The predicted octanol–water partition coefficient (Wildman–Crippen LogP) is 1.64. The van der Waals surface area contributed by atoms with Gasteiger partial charge in [-0.15, -0.1) is 0 Å². The second kappa shape index (κ2) is 6.15. The second-order valence-electron chi connectivity index (χ2n) is 7.93. The zero-order valence-electron chi connectivity index (χ0n) is 16.6. The summed E-state index contributed by atoms with van der Waals surface area (Å²) in [7, 11) is 2.87. The average molecular weight is 394 g/mol. The van der Waals surface area contributed by atoms with Crippen molar-refractivity contribution in [2.75, 3.05) is 14.1 Å². The number of nitrogens with one attached hydrogen (secondary N) is 1. The first kappa shape index (κ1) is 19.1. The monoisotopic (exact) mass is 394 g/mol. The van der Waals surface area contributed by atoms with Gasteiger partial charge in [0.05, 0.1) is 0 Å². The van der Waals surface area contributed by atoms with Crippen LogP contribution in [0.15, 0.2) is 42.5 Å². The van der Waals surface area contributed by atoms with E-state index in [2.05, 4.69) is 5.32 Å². The lowest BCUT2D eigenvalue weighted by Gasteiger charge is -2.34. The number of nitrogens with zero attached hydrogens (tertiary/aromatic N) is 1. The van der Waals surface area contributed by atoms with Crippen LogP contribution in [0.4, 0.5) is 0 Å². The minimum absolute atomic E-state index is 0.197. The van der Waals surface area contributed by atoms with E-state index >= 15 is 0 Å². The van der Waals surface area contributed by atoms with Crippen LogP contribution in [0.5, 0.6) is 5.75 Å². The van der Waals surface area contributed by atoms with E-state index in [1.165, 1.54) is 14.1 Å². The highest BCUT2D eigenvalue weighted by molar-refractivity contribution is 6.36. The van der Waals surface area contributed by atoms with Crippen LogP contribution in [-0.4, -0.2) is 41.7 Å². The average Bonchev–Trinajstić information content (AvgIpc) is 3.04. The maximum absolute atomic E-state index is 13.5. The van der Waals surface area contributed by atoms with E-state index in [4.69, 9.17) is 4.74 Å². The highest BCUT2D eigenvalue weighted by atomic mass is 16.6. The third kappa shape index (κ3) is 2.37. The number of ether oxygens (including phenoxy) is 1. The maximum atomic E-state index is 13.5. The van der Waals surface area contributed by atoms with Crippen molar-refractivity contribution in [1.82, 2.24) is 10.2 Å². The first-order chi connectivity index (χ1) is 13.6. The summed E-state index contributed by atoms with van der Waals surface area (Å²) in [6, 6.07) is 11.8. The summed E-state index contributed by atoms with van der Waals surface area (Å²) in [4.78, 5) is 39.6. The summed E-state index contributed by atoms with van der Waals surface area (Å²) >= 11 is 0. The van der Waals surface area contributed by atoms with Gasteiger partial charge < -0.3 is 20.1 Å². The van der Waals surface area contributed by atoms with Gasteiger partial charge in [0.15, 0.2) is 0 Å². The number of carbonyl (C=O) groups excluding carboxylic acids is 3. The molecular weight excluding hydrogens is 372 g/mol. The molecule has 0 saturated carbocycles. The van der Waals surface area contributed by atoms with Crippen molar-refractivity contribution in [3.05, 3.63) is 64.7 Å². The van der Waals surface area contributed by atoms with Crippen LogP contribution in [0.2, 0.25) is 0 Å². The summed E-state index contributed by atoms with van der Waals surface area (Å²) in [5.74, 6) is -4.01. The molecule has 1 aliphatic carbocycles. The largest absolute Gasteiger partial charge is 0.454 e. The molecule has 29 heavy (non-hydrogen) atoms. The molecule has 0 spiro atoms. The Balaban J connectivity index is 1.94. The smallest absolute Gasteiger partial charge is 0.311 e. The molecule has 2 N–H and O–H groups in total. The van der Waals surface area contributed by atoms with Gasteiger partial charge in [0, 0.05) is 30.8 Å². The zero-order valence-corrected chi connectivity index (χ0v) is 16.6. The highest BCUT2D eigenvalue weighted by Crippen LogP contribution is 2.58. The maximum Gasteiger partial charge on any atom is 0.311 e. The molecule has 7 nitrogen and oxygen atoms in total. The van der Waals surface area contributed by atoms with Crippen molar-refractivity contribution < 1.29 is 24.2 Å². The molecule has 0 aromatic heterocycles. The Labute approximate surface area is 168 Å². The third-order valence-electron chi connectivity index (χ3n) is 5.62. The Bertz CT molecular complexity index is 1060. The molecule has 0 fully saturated rings. The standard InChI is InChI=1S/C22H22N2O5/c1-12(2)13-9-10-16-17(11-13)29-22(28)15-8-6-5-7-14(15)18(25)21(16,22)23-19(26)20(27)24(3)4/h5-12,28H,1-4H3,(H,23,26). The second-order valence-corrected chi connectivity index (χ2v) is 7.93. The van der Waals surface area contributed by atoms with Crippen LogP contribution >= 0.6 is 0 Å². The number of ketones is 1. The van der Waals surface area contributed by atoms with Crippen LogP contribution < -0.4 is 10.1 Å². The van der Waals surface area contributed by atoms with E-state index in [9.17, 15) is 19.5 Å². The number of carbonyl (C=O) groups is 3. The molecule has 2 aromatic carbocycles. The minimum atomic E-state index is -2.15. The number of aliphatic hydroxyl groups is 1. The molecule has 2 amide bonds. The van der Waals surface area contributed by atoms with Crippen molar-refractivity contribution in [1.29, 1.82) is 0 Å². The van der Waals surface area contributed by atoms with Crippen molar-refractivity contribution in [3.8, 4) is 5.75 Å². The molecule has 2 aromatic rings. The van der Waals surface area contributed by atoms with Gasteiger partial charge in [-0.1, -0.05) is 50.2 Å². The van der Waals surface area contributed by atoms with E-state index < -0.39 is 28.9 Å². The van der Waals surface area contributed by atoms with E-state index in [1.54, 1.807) is 36.4 Å². The van der Waals surface area contributed by atoms with Crippen LogP contribution in [0.1, 0.15) is 46.8 Å². The van der Waals surface area contributed by atoms with Gasteiger partial charge in [-0.2, -0.15) is 0 Å². The summed E-state index contributed by atoms with van der Waals surface area (Å²) in [5.41, 5.74) is -0.162. The molecule has 0 bridgehead atoms. The number of rotatable bonds is 2. The summed E-state index contributed by atoms with van der Waals surface area (Å²) in [6.07, 6.45) is 0. The molecule has 2 unspecified atom stereocenters. The molecule has 2 aliphatic rings. The van der Waals surface area contributed by atoms with Crippen LogP contribution in [0.25, 0.3) is 0 Å². The van der Waals surface area contributed by atoms with Gasteiger partial charge >= 0.3 is 11.8 Å². The minimum Gasteiger partial charge on any atom is -0.454 e. The number of likely N-dealkylation sites (N-methyl/N-ethyl adjacent to an activating group) is 1. The highest BCUT2D eigenvalue weighted by Gasteiger charge is 2.71. The van der Waals surface area contributed by atoms with Crippen molar-refractivity contribution in [2.45, 2.75) is 31.1 Å². The molecule has 4 rings (SSSR count). The normalized spacial score (nSPS) is 23.9. The van der Waals surface area contributed by atoms with Gasteiger partial charge in [-0.05, 0) is 17.5 Å². The summed E-state index contributed by atoms with van der Waals surface area (Å²) in [6.45, 7) is 4.03. The fourth-order valence-corrected chi connectivity index (χ4v) is 4.06. The van der Waals surface area contributed by atoms with Gasteiger partial charge in [0.2, 0.25) is 11.3 Å². The molecule has 0 radical (unpaired) electrons. The molecule has 1 aliphatic heterocycles. The predicted molar refractivity (Wildman–Crippen MR) is 104 cm³/mol. The lowest BCUT2D eigenvalue weighted by Crippen LogP contribution is -2.62. The van der Waals surface area contributed by atoms with Crippen molar-refractivity contribution in [3.63, 3.8) is 0 Å². The van der Waals surface area contributed by atoms with Gasteiger partial charge in [0.25, 0.3) is 5.79 Å². The molecule has 1 heterocycles. The third-order valence-corrected chi connectivity index (χ3v) is 5.62. The van der Waals surface area contributed by atoms with E-state index in [0.29, 0.717) is 11.3 Å². The van der Waals surface area contributed by atoms with E-state index in [1.807, 2.05) is 19.9 Å². The van der Waals surface area contributed by atoms with Gasteiger partial charge in [-0.25, -0.2) is 0 Å². The molecular formula is C22H22N2O5. The Hall–Kier alpha value is -3.19. The number of hydrogen-bond donors (Lipinski definition) is 2.